The maximum atomic E-state index is 9.17. The van der Waals surface area contributed by atoms with Gasteiger partial charge < -0.3 is 20.3 Å². The Morgan fingerprint density at radius 2 is 2.00 bits per heavy atom. The van der Waals surface area contributed by atoms with Crippen LogP contribution in [-0.2, 0) is 0 Å². The lowest BCUT2D eigenvalue weighted by atomic mass is 10.3. The van der Waals surface area contributed by atoms with E-state index < -0.39 is 0 Å². The number of nitriles is 1. The number of nitrogens with zero attached hydrogens (tertiary/aromatic N) is 5. The number of anilines is 3. The molecule has 0 unspecified atom stereocenters. The smallest absolute Gasteiger partial charge is 0.238 e. The third-order valence-electron chi connectivity index (χ3n) is 3.48. The van der Waals surface area contributed by atoms with Crippen molar-refractivity contribution < 1.29 is 4.74 Å². The second kappa shape index (κ2) is 6.89. The van der Waals surface area contributed by atoms with Crippen LogP contribution in [0.5, 0.6) is 5.75 Å². The lowest BCUT2D eigenvalue weighted by molar-refractivity contribution is 0.417. The second-order valence-electron chi connectivity index (χ2n) is 4.96. The van der Waals surface area contributed by atoms with Gasteiger partial charge in [-0.15, -0.1) is 0 Å². The fraction of sp³-hybridized carbons (Fsp3) is 0.333. The van der Waals surface area contributed by atoms with E-state index in [0.717, 1.165) is 31.9 Å². The molecule has 0 radical (unpaired) electrons. The van der Waals surface area contributed by atoms with Crippen molar-refractivity contribution in [3.05, 3.63) is 30.1 Å². The van der Waals surface area contributed by atoms with Gasteiger partial charge in [0.15, 0.2) is 0 Å². The van der Waals surface area contributed by atoms with Crippen molar-refractivity contribution in [2.75, 3.05) is 43.5 Å². The van der Waals surface area contributed by atoms with Crippen LogP contribution in [0.2, 0.25) is 0 Å². The van der Waals surface area contributed by atoms with Gasteiger partial charge in [0.2, 0.25) is 17.7 Å². The van der Waals surface area contributed by atoms with Crippen LogP contribution in [0.1, 0.15) is 5.82 Å². The van der Waals surface area contributed by atoms with Crippen LogP contribution < -0.4 is 20.3 Å². The number of hydrogen-bond donors (Lipinski definition) is 2. The SMILES string of the molecule is COc1ccccc1Nc1nc(C#N)nc(N2CCNCC2)n1. The molecule has 23 heavy (non-hydrogen) atoms. The van der Waals surface area contributed by atoms with Gasteiger partial charge >= 0.3 is 0 Å². The first-order chi connectivity index (χ1) is 11.3. The first-order valence-corrected chi connectivity index (χ1v) is 7.32. The maximum Gasteiger partial charge on any atom is 0.238 e. The van der Waals surface area contributed by atoms with Crippen molar-refractivity contribution >= 4 is 17.6 Å². The number of methoxy groups -OCH3 is 1. The predicted molar refractivity (Wildman–Crippen MR) is 85.9 cm³/mol. The Kier molecular flexibility index (Phi) is 4.49. The molecule has 8 nitrogen and oxygen atoms in total. The summed E-state index contributed by atoms with van der Waals surface area (Å²) >= 11 is 0. The van der Waals surface area contributed by atoms with Gasteiger partial charge in [-0.1, -0.05) is 12.1 Å². The Morgan fingerprint density at radius 3 is 2.74 bits per heavy atom. The number of hydrogen-bond acceptors (Lipinski definition) is 8. The Bertz CT molecular complexity index is 722. The zero-order chi connectivity index (χ0) is 16.1. The van der Waals surface area contributed by atoms with Crippen molar-refractivity contribution in [3.63, 3.8) is 0 Å². The highest BCUT2D eigenvalue weighted by Crippen LogP contribution is 2.26. The molecule has 2 N–H and O–H groups in total. The standard InChI is InChI=1S/C15H17N7O/c1-23-12-5-3-2-4-11(12)18-14-19-13(10-16)20-15(21-14)22-8-6-17-7-9-22/h2-5,17H,6-9H2,1H3,(H,18,19,20,21). The highest BCUT2D eigenvalue weighted by molar-refractivity contribution is 5.63. The van der Waals surface area contributed by atoms with Crippen molar-refractivity contribution in [3.8, 4) is 11.8 Å². The summed E-state index contributed by atoms with van der Waals surface area (Å²) in [7, 11) is 1.60. The molecule has 8 heteroatoms. The van der Waals surface area contributed by atoms with Crippen LogP contribution in [0.15, 0.2) is 24.3 Å². The molecule has 0 spiro atoms. The molecule has 1 aromatic carbocycles. The van der Waals surface area contributed by atoms with Crippen LogP contribution in [0.3, 0.4) is 0 Å². The summed E-state index contributed by atoms with van der Waals surface area (Å²) in [5.74, 6) is 1.60. The van der Waals surface area contributed by atoms with Crippen LogP contribution >= 0.6 is 0 Å². The molecule has 1 saturated heterocycles. The average Bonchev–Trinajstić information content (AvgIpc) is 2.62. The predicted octanol–water partition coefficient (Wildman–Crippen LogP) is 0.905. The molecule has 0 aliphatic carbocycles. The molecule has 0 bridgehead atoms. The number of para-hydroxylation sites is 2. The minimum atomic E-state index is 0.0888. The molecule has 118 valence electrons. The van der Waals surface area contributed by atoms with Gasteiger partial charge in [-0.25, -0.2) is 0 Å². The Hall–Kier alpha value is -2.92. The number of ether oxygens (including phenoxy) is 1. The van der Waals surface area contributed by atoms with E-state index in [1.54, 1.807) is 7.11 Å². The molecule has 0 saturated carbocycles. The van der Waals surface area contributed by atoms with Crippen molar-refractivity contribution in [2.45, 2.75) is 0 Å². The molecule has 1 aliphatic heterocycles. The Labute approximate surface area is 134 Å². The number of aromatic nitrogens is 3. The van der Waals surface area contributed by atoms with E-state index in [9.17, 15) is 0 Å². The number of nitrogens with one attached hydrogen (secondary N) is 2. The minimum absolute atomic E-state index is 0.0888. The van der Waals surface area contributed by atoms with E-state index in [1.807, 2.05) is 35.2 Å². The van der Waals surface area contributed by atoms with E-state index >= 15 is 0 Å². The normalized spacial score (nSPS) is 14.2. The zero-order valence-corrected chi connectivity index (χ0v) is 12.8. The molecule has 2 aromatic rings. The second-order valence-corrected chi connectivity index (χ2v) is 4.96. The summed E-state index contributed by atoms with van der Waals surface area (Å²) in [6.07, 6.45) is 0. The number of benzene rings is 1. The Balaban J connectivity index is 1.91. The molecule has 1 aromatic heterocycles. The lowest BCUT2D eigenvalue weighted by Gasteiger charge is -2.27. The molecule has 0 amide bonds. The summed E-state index contributed by atoms with van der Waals surface area (Å²) in [5, 5.41) is 15.5. The first kappa shape index (κ1) is 15.0. The minimum Gasteiger partial charge on any atom is -0.495 e. The van der Waals surface area contributed by atoms with Crippen LogP contribution in [-0.4, -0.2) is 48.2 Å². The topological polar surface area (TPSA) is 99.0 Å². The van der Waals surface area contributed by atoms with Crippen molar-refractivity contribution in [1.29, 1.82) is 5.26 Å². The van der Waals surface area contributed by atoms with Gasteiger partial charge in [-0.3, -0.25) is 0 Å². The van der Waals surface area contributed by atoms with Crippen molar-refractivity contribution in [2.24, 2.45) is 0 Å². The van der Waals surface area contributed by atoms with E-state index in [0.29, 0.717) is 17.6 Å². The monoisotopic (exact) mass is 311 g/mol. The van der Waals surface area contributed by atoms with Crippen LogP contribution in [0, 0.1) is 11.3 Å². The molecular weight excluding hydrogens is 294 g/mol. The molecule has 2 heterocycles. The highest BCUT2D eigenvalue weighted by atomic mass is 16.5. The fourth-order valence-electron chi connectivity index (χ4n) is 2.35. The molecule has 0 atom stereocenters. The summed E-state index contributed by atoms with van der Waals surface area (Å²) in [6.45, 7) is 3.32. The fourth-order valence-corrected chi connectivity index (χ4v) is 2.35. The van der Waals surface area contributed by atoms with Gasteiger partial charge in [0, 0.05) is 26.2 Å². The van der Waals surface area contributed by atoms with Gasteiger partial charge in [-0.05, 0) is 12.1 Å². The van der Waals surface area contributed by atoms with E-state index in [-0.39, 0.29) is 5.82 Å². The lowest BCUT2D eigenvalue weighted by Crippen LogP contribution is -2.44. The van der Waals surface area contributed by atoms with Crippen LogP contribution in [0.25, 0.3) is 0 Å². The van der Waals surface area contributed by atoms with Gasteiger partial charge in [0.25, 0.3) is 0 Å². The number of rotatable bonds is 4. The third kappa shape index (κ3) is 3.46. The van der Waals surface area contributed by atoms with E-state index in [1.165, 1.54) is 0 Å². The molecule has 3 rings (SSSR count). The average molecular weight is 311 g/mol. The molecule has 1 fully saturated rings. The quantitative estimate of drug-likeness (QED) is 0.859. The van der Waals surface area contributed by atoms with E-state index in [4.69, 9.17) is 10.00 Å². The maximum absolute atomic E-state index is 9.17. The van der Waals surface area contributed by atoms with Gasteiger partial charge in [0.05, 0.1) is 12.8 Å². The van der Waals surface area contributed by atoms with Gasteiger partial charge in [-0.2, -0.15) is 20.2 Å². The summed E-state index contributed by atoms with van der Waals surface area (Å²) < 4.78 is 5.30. The number of piperazine rings is 1. The highest BCUT2D eigenvalue weighted by Gasteiger charge is 2.16. The first-order valence-electron chi connectivity index (χ1n) is 7.32. The van der Waals surface area contributed by atoms with Crippen molar-refractivity contribution in [1.82, 2.24) is 20.3 Å². The third-order valence-corrected chi connectivity index (χ3v) is 3.48. The summed E-state index contributed by atoms with van der Waals surface area (Å²) in [4.78, 5) is 14.8. The van der Waals surface area contributed by atoms with E-state index in [2.05, 4.69) is 25.6 Å². The summed E-state index contributed by atoms with van der Waals surface area (Å²) in [6, 6.07) is 9.45. The largest absolute Gasteiger partial charge is 0.495 e. The molecule has 1 aliphatic rings. The molecular formula is C15H17N7O. The summed E-state index contributed by atoms with van der Waals surface area (Å²) in [5.41, 5.74) is 0.733. The van der Waals surface area contributed by atoms with Crippen LogP contribution in [0.4, 0.5) is 17.6 Å². The zero-order valence-electron chi connectivity index (χ0n) is 12.8. The van der Waals surface area contributed by atoms with Gasteiger partial charge in [0.1, 0.15) is 11.8 Å². The Morgan fingerprint density at radius 1 is 1.22 bits per heavy atom.